The highest BCUT2D eigenvalue weighted by molar-refractivity contribution is 6.04. The molecule has 3 aromatic carbocycles. The molecule has 0 bridgehead atoms. The Hall–Kier alpha value is -4.46. The van der Waals surface area contributed by atoms with Gasteiger partial charge in [-0.25, -0.2) is 19.2 Å². The lowest BCUT2D eigenvalue weighted by Gasteiger charge is -2.12. The summed E-state index contributed by atoms with van der Waals surface area (Å²) in [6.07, 6.45) is 0. The number of benzene rings is 3. The second-order valence-corrected chi connectivity index (χ2v) is 5.93. The summed E-state index contributed by atoms with van der Waals surface area (Å²) in [7, 11) is 0. The molecule has 3 rings (SSSR count). The molecule has 2 N–H and O–H groups in total. The summed E-state index contributed by atoms with van der Waals surface area (Å²) in [5.41, 5.74) is -0.843. The third-order valence-corrected chi connectivity index (χ3v) is 4.01. The average molecular weight is 406 g/mol. The van der Waals surface area contributed by atoms with Gasteiger partial charge >= 0.3 is 23.9 Å². The minimum absolute atomic E-state index is 0.135. The van der Waals surface area contributed by atoms with Crippen LogP contribution in [0, 0.1) is 0 Å². The number of carbonyl (C=O) groups is 4. The van der Waals surface area contributed by atoms with Gasteiger partial charge in [0.2, 0.25) is 0 Å². The molecule has 0 aromatic heterocycles. The molecule has 0 atom stereocenters. The molecule has 8 nitrogen and oxygen atoms in total. The van der Waals surface area contributed by atoms with Gasteiger partial charge in [0.25, 0.3) is 0 Å². The fourth-order valence-electron chi connectivity index (χ4n) is 2.62. The maximum Gasteiger partial charge on any atom is 0.344 e. The van der Waals surface area contributed by atoms with Crippen LogP contribution < -0.4 is 9.47 Å². The maximum atomic E-state index is 12.5. The Morgan fingerprint density at radius 1 is 0.500 bits per heavy atom. The molecule has 0 heterocycles. The fourth-order valence-corrected chi connectivity index (χ4v) is 2.62. The molecular formula is C22H14O8. The number of carboxylic acid groups (broad SMARTS) is 2. The molecule has 0 spiro atoms. The third kappa shape index (κ3) is 4.33. The number of ether oxygens (including phenoxy) is 2. The fraction of sp³-hybridized carbons (Fsp3) is 0. The smallest absolute Gasteiger partial charge is 0.344 e. The highest BCUT2D eigenvalue weighted by Gasteiger charge is 2.22. The van der Waals surface area contributed by atoms with Gasteiger partial charge < -0.3 is 19.7 Å². The van der Waals surface area contributed by atoms with Crippen molar-refractivity contribution in [2.45, 2.75) is 0 Å². The Balaban J connectivity index is 1.87. The average Bonchev–Trinajstić information content (AvgIpc) is 2.75. The van der Waals surface area contributed by atoms with Crippen LogP contribution in [-0.4, -0.2) is 34.1 Å². The summed E-state index contributed by atoms with van der Waals surface area (Å²) in [4.78, 5) is 47.6. The van der Waals surface area contributed by atoms with Crippen LogP contribution in [0.25, 0.3) is 0 Å². The number of esters is 2. The van der Waals surface area contributed by atoms with E-state index in [9.17, 15) is 29.4 Å². The Morgan fingerprint density at radius 2 is 0.800 bits per heavy atom. The zero-order valence-corrected chi connectivity index (χ0v) is 15.3. The van der Waals surface area contributed by atoms with Crippen LogP contribution in [0.5, 0.6) is 11.5 Å². The zero-order chi connectivity index (χ0) is 21.7. The molecule has 0 radical (unpaired) electrons. The first kappa shape index (κ1) is 20.3. The molecular weight excluding hydrogens is 392 g/mol. The highest BCUT2D eigenvalue weighted by Crippen LogP contribution is 2.29. The van der Waals surface area contributed by atoms with E-state index in [-0.39, 0.29) is 33.8 Å². The lowest BCUT2D eigenvalue weighted by molar-refractivity contribution is 0.0650. The highest BCUT2D eigenvalue weighted by atomic mass is 16.6. The van der Waals surface area contributed by atoms with Crippen LogP contribution in [0.3, 0.4) is 0 Å². The van der Waals surface area contributed by atoms with Crippen molar-refractivity contribution in [3.05, 3.63) is 95.1 Å². The van der Waals surface area contributed by atoms with Gasteiger partial charge in [-0.3, -0.25) is 0 Å². The van der Waals surface area contributed by atoms with E-state index in [2.05, 4.69) is 0 Å². The van der Waals surface area contributed by atoms with Crippen molar-refractivity contribution in [1.82, 2.24) is 0 Å². The van der Waals surface area contributed by atoms with Gasteiger partial charge in [0.05, 0.1) is 22.3 Å². The van der Waals surface area contributed by atoms with Crippen molar-refractivity contribution in [1.29, 1.82) is 0 Å². The first-order valence-corrected chi connectivity index (χ1v) is 8.56. The first-order valence-electron chi connectivity index (χ1n) is 8.56. The lowest BCUT2D eigenvalue weighted by atomic mass is 10.1. The molecule has 8 heteroatoms. The predicted molar refractivity (Wildman–Crippen MR) is 103 cm³/mol. The third-order valence-electron chi connectivity index (χ3n) is 4.01. The van der Waals surface area contributed by atoms with Gasteiger partial charge in [-0.1, -0.05) is 36.4 Å². The number of hydrogen-bond acceptors (Lipinski definition) is 6. The molecule has 0 amide bonds. The number of hydrogen-bond donors (Lipinski definition) is 2. The quantitative estimate of drug-likeness (QED) is 0.470. The summed E-state index contributed by atoms with van der Waals surface area (Å²) in [5, 5.41) is 18.5. The minimum atomic E-state index is -1.30. The van der Waals surface area contributed by atoms with Crippen LogP contribution >= 0.6 is 0 Å². The standard InChI is InChI=1S/C22H14O8/c23-19(24)13-7-1-3-9-15(13)21(27)29-17-11-5-6-12-18(17)30-22(28)16-10-4-2-8-14(16)20(25)26/h1-12H,(H,23,24)(H,25,26). The topological polar surface area (TPSA) is 127 Å². The molecule has 150 valence electrons. The molecule has 0 unspecified atom stereocenters. The monoisotopic (exact) mass is 406 g/mol. The van der Waals surface area contributed by atoms with Gasteiger partial charge in [-0.15, -0.1) is 0 Å². The normalized spacial score (nSPS) is 10.1. The molecule has 0 saturated heterocycles. The first-order chi connectivity index (χ1) is 14.4. The molecule has 0 fully saturated rings. The Bertz CT molecular complexity index is 1060. The van der Waals surface area contributed by atoms with E-state index in [1.807, 2.05) is 0 Å². The summed E-state index contributed by atoms with van der Waals surface area (Å²) >= 11 is 0. The van der Waals surface area contributed by atoms with Crippen LogP contribution in [0.1, 0.15) is 41.4 Å². The Morgan fingerprint density at radius 3 is 1.13 bits per heavy atom. The van der Waals surface area contributed by atoms with E-state index in [4.69, 9.17) is 9.47 Å². The van der Waals surface area contributed by atoms with E-state index in [0.717, 1.165) is 0 Å². The SMILES string of the molecule is O=C(O)c1ccccc1C(=O)Oc1ccccc1OC(=O)c1ccccc1C(=O)O. The van der Waals surface area contributed by atoms with Gasteiger partial charge in [-0.2, -0.15) is 0 Å². The second-order valence-electron chi connectivity index (χ2n) is 5.93. The molecule has 0 aliphatic carbocycles. The van der Waals surface area contributed by atoms with Crippen LogP contribution in [0.15, 0.2) is 72.8 Å². The van der Waals surface area contributed by atoms with Crippen LogP contribution in [0.4, 0.5) is 0 Å². The van der Waals surface area contributed by atoms with Crippen molar-refractivity contribution >= 4 is 23.9 Å². The van der Waals surface area contributed by atoms with Crippen molar-refractivity contribution in [3.8, 4) is 11.5 Å². The van der Waals surface area contributed by atoms with Gasteiger partial charge in [0, 0.05) is 0 Å². The minimum Gasteiger partial charge on any atom is -0.478 e. The number of para-hydroxylation sites is 2. The largest absolute Gasteiger partial charge is 0.478 e. The van der Waals surface area contributed by atoms with Crippen LogP contribution in [-0.2, 0) is 0 Å². The predicted octanol–water partition coefficient (Wildman–Crippen LogP) is 3.52. The molecule has 3 aromatic rings. The zero-order valence-electron chi connectivity index (χ0n) is 15.3. The Kier molecular flexibility index (Phi) is 5.88. The maximum absolute atomic E-state index is 12.5. The van der Waals surface area contributed by atoms with Crippen LogP contribution in [0.2, 0.25) is 0 Å². The van der Waals surface area contributed by atoms with Gasteiger partial charge in [-0.05, 0) is 36.4 Å². The van der Waals surface area contributed by atoms with E-state index in [1.54, 1.807) is 0 Å². The van der Waals surface area contributed by atoms with Gasteiger partial charge in [0.1, 0.15) is 0 Å². The van der Waals surface area contributed by atoms with Crippen molar-refractivity contribution < 1.29 is 38.9 Å². The van der Waals surface area contributed by atoms with Crippen molar-refractivity contribution in [2.24, 2.45) is 0 Å². The molecule has 0 aliphatic rings. The van der Waals surface area contributed by atoms with Gasteiger partial charge in [0.15, 0.2) is 11.5 Å². The van der Waals surface area contributed by atoms with E-state index >= 15 is 0 Å². The summed E-state index contributed by atoms with van der Waals surface area (Å²) in [6.45, 7) is 0. The number of rotatable bonds is 6. The number of carboxylic acids is 2. The molecule has 0 aliphatic heterocycles. The second kappa shape index (κ2) is 8.70. The van der Waals surface area contributed by atoms with Crippen molar-refractivity contribution in [2.75, 3.05) is 0 Å². The van der Waals surface area contributed by atoms with Crippen molar-refractivity contribution in [3.63, 3.8) is 0 Å². The molecule has 0 saturated carbocycles. The summed E-state index contributed by atoms with van der Waals surface area (Å²) in [6, 6.07) is 16.8. The van der Waals surface area contributed by atoms with E-state index in [1.165, 1.54) is 72.8 Å². The number of carbonyl (C=O) groups excluding carboxylic acids is 2. The van der Waals surface area contributed by atoms with E-state index in [0.29, 0.717) is 0 Å². The number of aromatic carboxylic acids is 2. The Labute approximate surface area is 169 Å². The summed E-state index contributed by atoms with van der Waals surface area (Å²) in [5.74, 6) is -4.78. The summed E-state index contributed by atoms with van der Waals surface area (Å²) < 4.78 is 10.5. The molecule has 30 heavy (non-hydrogen) atoms. The van der Waals surface area contributed by atoms with E-state index < -0.39 is 23.9 Å². The lowest BCUT2D eigenvalue weighted by Crippen LogP contribution is -2.16.